The number of nitrogens with zero attached hydrogens (tertiary/aromatic N) is 1. The second-order valence-corrected chi connectivity index (χ2v) is 9.45. The van der Waals surface area contributed by atoms with Crippen LogP contribution in [-0.4, -0.2) is 43.4 Å². The highest BCUT2D eigenvalue weighted by Crippen LogP contribution is 2.27. The Morgan fingerprint density at radius 2 is 2.00 bits per heavy atom. The number of sulfonamides is 1. The summed E-state index contributed by atoms with van der Waals surface area (Å²) in [5.74, 6) is 1.81. The van der Waals surface area contributed by atoms with Gasteiger partial charge in [-0.15, -0.1) is 11.3 Å². The summed E-state index contributed by atoms with van der Waals surface area (Å²) >= 11 is 3.23. The number of hydrogen-bond donors (Lipinski definition) is 1. The van der Waals surface area contributed by atoms with Crippen molar-refractivity contribution in [1.82, 2.24) is 9.62 Å². The van der Waals surface area contributed by atoms with Crippen molar-refractivity contribution in [3.8, 4) is 0 Å². The van der Waals surface area contributed by atoms with Gasteiger partial charge in [0.2, 0.25) is 0 Å². The molecule has 2 aliphatic rings. The number of thioether (sulfide) groups is 1. The van der Waals surface area contributed by atoms with Gasteiger partial charge in [0.05, 0.1) is 0 Å². The van der Waals surface area contributed by atoms with Gasteiger partial charge >= 0.3 is 0 Å². The molecule has 19 heavy (non-hydrogen) atoms. The number of thiophene rings is 1. The van der Waals surface area contributed by atoms with E-state index < -0.39 is 10.0 Å². The molecule has 4 nitrogen and oxygen atoms in total. The predicted octanol–water partition coefficient (Wildman–Crippen LogP) is 1.74. The lowest BCUT2D eigenvalue weighted by Crippen LogP contribution is -2.37. The highest BCUT2D eigenvalue weighted by molar-refractivity contribution is 7.99. The minimum absolute atomic E-state index is 0.493. The molecule has 1 saturated carbocycles. The van der Waals surface area contributed by atoms with E-state index in [0.29, 0.717) is 23.3 Å². The molecule has 0 radical (unpaired) electrons. The van der Waals surface area contributed by atoms with Crippen LogP contribution in [0.5, 0.6) is 0 Å². The molecule has 1 saturated heterocycles. The van der Waals surface area contributed by atoms with Crippen molar-refractivity contribution < 1.29 is 8.42 Å². The first-order chi connectivity index (χ1) is 9.16. The van der Waals surface area contributed by atoms with Gasteiger partial charge in [-0.05, 0) is 25.0 Å². The van der Waals surface area contributed by atoms with Crippen LogP contribution in [0.2, 0.25) is 0 Å². The molecule has 0 aromatic carbocycles. The van der Waals surface area contributed by atoms with Crippen LogP contribution in [0, 0.1) is 0 Å². The Bertz CT molecular complexity index is 531. The summed E-state index contributed by atoms with van der Waals surface area (Å²) < 4.78 is 27.0. The van der Waals surface area contributed by atoms with Gasteiger partial charge in [0, 0.05) is 42.1 Å². The van der Waals surface area contributed by atoms with Crippen molar-refractivity contribution in [1.29, 1.82) is 0 Å². The fourth-order valence-corrected chi connectivity index (χ4v) is 6.08. The Hall–Kier alpha value is -0.0800. The van der Waals surface area contributed by atoms with E-state index in [9.17, 15) is 8.42 Å². The fourth-order valence-electron chi connectivity index (χ4n) is 2.04. The molecule has 0 spiro atoms. The van der Waals surface area contributed by atoms with Gasteiger partial charge in [0.25, 0.3) is 10.0 Å². The smallest absolute Gasteiger partial charge is 0.252 e. The van der Waals surface area contributed by atoms with Crippen LogP contribution >= 0.6 is 23.1 Å². The maximum atomic E-state index is 12.5. The van der Waals surface area contributed by atoms with E-state index in [4.69, 9.17) is 0 Å². The van der Waals surface area contributed by atoms with Crippen molar-refractivity contribution in [3.63, 3.8) is 0 Å². The van der Waals surface area contributed by atoms with Crippen molar-refractivity contribution in [2.45, 2.75) is 29.6 Å². The average Bonchev–Trinajstić information content (AvgIpc) is 3.13. The molecule has 1 aromatic rings. The van der Waals surface area contributed by atoms with Gasteiger partial charge in [-0.1, -0.05) is 0 Å². The Labute approximate surface area is 122 Å². The van der Waals surface area contributed by atoms with Crippen LogP contribution in [0.4, 0.5) is 0 Å². The summed E-state index contributed by atoms with van der Waals surface area (Å²) in [6, 6.07) is 4.35. The van der Waals surface area contributed by atoms with Crippen LogP contribution in [-0.2, 0) is 16.6 Å². The van der Waals surface area contributed by atoms with E-state index in [1.165, 1.54) is 24.2 Å². The Morgan fingerprint density at radius 1 is 1.26 bits per heavy atom. The molecule has 0 amide bonds. The second-order valence-electron chi connectivity index (χ2n) is 4.89. The van der Waals surface area contributed by atoms with Gasteiger partial charge in [-0.3, -0.25) is 0 Å². The first kappa shape index (κ1) is 13.9. The van der Waals surface area contributed by atoms with Gasteiger partial charge in [-0.25, -0.2) is 8.42 Å². The molecular formula is C12H18N2O2S3. The summed E-state index contributed by atoms with van der Waals surface area (Å²) in [6.45, 7) is 2.07. The topological polar surface area (TPSA) is 49.4 Å². The molecule has 0 atom stereocenters. The van der Waals surface area contributed by atoms with Crippen LogP contribution in [0.15, 0.2) is 16.3 Å². The number of nitrogens with one attached hydrogen (secondary N) is 1. The van der Waals surface area contributed by atoms with Gasteiger partial charge in [0.1, 0.15) is 4.21 Å². The van der Waals surface area contributed by atoms with Crippen molar-refractivity contribution in [2.75, 3.05) is 24.6 Å². The lowest BCUT2D eigenvalue weighted by molar-refractivity contribution is 0.445. The van der Waals surface area contributed by atoms with Crippen LogP contribution in [0.25, 0.3) is 0 Å². The lowest BCUT2D eigenvalue weighted by atomic mass is 10.4. The third kappa shape index (κ3) is 3.33. The summed E-state index contributed by atoms with van der Waals surface area (Å²) in [6.07, 6.45) is 2.50. The highest BCUT2D eigenvalue weighted by atomic mass is 32.2. The van der Waals surface area contributed by atoms with Gasteiger partial charge in [-0.2, -0.15) is 16.1 Å². The molecule has 7 heteroatoms. The van der Waals surface area contributed by atoms with Gasteiger partial charge in [0.15, 0.2) is 0 Å². The van der Waals surface area contributed by atoms with E-state index >= 15 is 0 Å². The van der Waals surface area contributed by atoms with Crippen LogP contribution in [0.3, 0.4) is 0 Å². The standard InChI is InChI=1S/C12H18N2O2S3/c15-19(16,14-5-7-17-8-6-14)12-4-3-11(18-12)9-13-10-1-2-10/h3-4,10,13H,1-2,5-9H2. The first-order valence-corrected chi connectivity index (χ1v) is 9.97. The Morgan fingerprint density at radius 3 is 2.68 bits per heavy atom. The largest absolute Gasteiger partial charge is 0.309 e. The SMILES string of the molecule is O=S(=O)(c1ccc(CNC2CC2)s1)N1CCSCC1. The van der Waals surface area contributed by atoms with E-state index in [0.717, 1.165) is 22.9 Å². The molecule has 1 aromatic heterocycles. The monoisotopic (exact) mass is 318 g/mol. The number of rotatable bonds is 5. The summed E-state index contributed by atoms with van der Waals surface area (Å²) in [4.78, 5) is 1.11. The quantitative estimate of drug-likeness (QED) is 0.898. The van der Waals surface area contributed by atoms with E-state index in [2.05, 4.69) is 5.32 Å². The lowest BCUT2D eigenvalue weighted by Gasteiger charge is -2.24. The van der Waals surface area contributed by atoms with Crippen molar-refractivity contribution >= 4 is 33.1 Å². The molecule has 2 heterocycles. The summed E-state index contributed by atoms with van der Waals surface area (Å²) in [5, 5.41) is 3.42. The van der Waals surface area contributed by atoms with E-state index in [-0.39, 0.29) is 0 Å². The molecule has 0 unspecified atom stereocenters. The maximum absolute atomic E-state index is 12.5. The van der Waals surface area contributed by atoms with E-state index in [1.54, 1.807) is 10.4 Å². The third-order valence-corrected chi connectivity index (χ3v) is 7.74. The van der Waals surface area contributed by atoms with Crippen LogP contribution < -0.4 is 5.32 Å². The zero-order chi connectivity index (χ0) is 13.3. The molecule has 106 valence electrons. The second kappa shape index (κ2) is 5.73. The van der Waals surface area contributed by atoms with Crippen LogP contribution in [0.1, 0.15) is 17.7 Å². The normalized spacial score (nSPS) is 21.7. The van der Waals surface area contributed by atoms with E-state index in [1.807, 2.05) is 17.8 Å². The molecular weight excluding hydrogens is 300 g/mol. The van der Waals surface area contributed by atoms with Crippen molar-refractivity contribution in [3.05, 3.63) is 17.0 Å². The Balaban J connectivity index is 1.69. The minimum Gasteiger partial charge on any atom is -0.309 e. The molecule has 1 aliphatic carbocycles. The molecule has 1 N–H and O–H groups in total. The van der Waals surface area contributed by atoms with Crippen molar-refractivity contribution in [2.24, 2.45) is 0 Å². The minimum atomic E-state index is -3.25. The predicted molar refractivity (Wildman–Crippen MR) is 80.3 cm³/mol. The molecule has 2 fully saturated rings. The summed E-state index contributed by atoms with van der Waals surface area (Å²) in [5.41, 5.74) is 0. The van der Waals surface area contributed by atoms with Gasteiger partial charge < -0.3 is 5.32 Å². The Kier molecular flexibility index (Phi) is 4.19. The average molecular weight is 318 g/mol. The highest BCUT2D eigenvalue weighted by Gasteiger charge is 2.27. The number of hydrogen-bond acceptors (Lipinski definition) is 5. The summed E-state index contributed by atoms with van der Waals surface area (Å²) in [7, 11) is -3.25. The zero-order valence-corrected chi connectivity index (χ0v) is 13.1. The third-order valence-electron chi connectivity index (χ3n) is 3.34. The zero-order valence-electron chi connectivity index (χ0n) is 10.7. The molecule has 1 aliphatic heterocycles. The molecule has 3 rings (SSSR count). The molecule has 0 bridgehead atoms. The fraction of sp³-hybridized carbons (Fsp3) is 0.667. The first-order valence-electron chi connectivity index (χ1n) is 6.56. The maximum Gasteiger partial charge on any atom is 0.252 e.